The Morgan fingerprint density at radius 2 is 1.44 bits per heavy atom. The Balaban J connectivity index is 3.46. The maximum atomic E-state index is 9.69. The van der Waals surface area contributed by atoms with Crippen LogP contribution < -0.4 is 0 Å². The largest absolute Gasteiger partial charge is 0.299 e. The fourth-order valence-corrected chi connectivity index (χ4v) is 0.456. The molecule has 0 aliphatic heterocycles. The lowest BCUT2D eigenvalue weighted by molar-refractivity contribution is -0.104. The molecular weight excluding hydrogens is 180 g/mol. The lowest BCUT2D eigenvalue weighted by atomic mass is 10.4. The van der Waals surface area contributed by atoms with Crippen molar-refractivity contribution in [2.75, 3.05) is 0 Å². The van der Waals surface area contributed by atoms with Crippen LogP contribution in [0.15, 0.2) is 35.4 Å². The van der Waals surface area contributed by atoms with Crippen molar-refractivity contribution in [2.24, 2.45) is 0 Å². The van der Waals surface area contributed by atoms with E-state index in [1.54, 1.807) is 17.1 Å². The molecule has 0 saturated heterocycles. The molecule has 0 aromatic rings. The highest BCUT2D eigenvalue weighted by Gasteiger charge is 1.59. The van der Waals surface area contributed by atoms with Crippen LogP contribution in [0.3, 0.4) is 0 Å². The minimum atomic E-state index is 0.738. The third kappa shape index (κ3) is 7.37. The van der Waals surface area contributed by atoms with E-state index in [1.165, 1.54) is 6.08 Å². The van der Waals surface area contributed by atoms with Gasteiger partial charge in [0.15, 0.2) is 0 Å². The van der Waals surface area contributed by atoms with Gasteiger partial charge >= 0.3 is 0 Å². The van der Waals surface area contributed by atoms with E-state index in [2.05, 4.69) is 15.9 Å². The van der Waals surface area contributed by atoms with Crippen LogP contribution in [-0.2, 0) is 4.79 Å². The van der Waals surface area contributed by atoms with E-state index in [-0.39, 0.29) is 0 Å². The number of hydrogen-bond donors (Lipinski definition) is 0. The van der Waals surface area contributed by atoms with Crippen LogP contribution in [0.25, 0.3) is 0 Å². The molecule has 0 atom stereocenters. The summed E-state index contributed by atoms with van der Waals surface area (Å²) in [6.07, 6.45) is 9.23. The molecule has 0 rings (SSSR count). The molecule has 0 bridgehead atoms. The summed E-state index contributed by atoms with van der Waals surface area (Å²) in [7, 11) is 0. The first-order valence-corrected chi connectivity index (χ1v) is 3.37. The van der Waals surface area contributed by atoms with E-state index in [0.29, 0.717) is 0 Å². The van der Waals surface area contributed by atoms with Gasteiger partial charge in [-0.2, -0.15) is 0 Å². The Hall–Kier alpha value is -0.630. The maximum Gasteiger partial charge on any atom is 0.142 e. The van der Waals surface area contributed by atoms with E-state index in [4.69, 9.17) is 0 Å². The van der Waals surface area contributed by atoms with Gasteiger partial charge in [-0.15, -0.1) is 0 Å². The van der Waals surface area contributed by atoms with Crippen LogP contribution in [0.2, 0.25) is 0 Å². The van der Waals surface area contributed by atoms with Crippen molar-refractivity contribution < 1.29 is 4.79 Å². The van der Waals surface area contributed by atoms with Gasteiger partial charge in [0.2, 0.25) is 0 Å². The van der Waals surface area contributed by atoms with Gasteiger partial charge < -0.3 is 0 Å². The molecule has 0 spiro atoms. The van der Waals surface area contributed by atoms with E-state index in [1.807, 2.05) is 12.2 Å². The van der Waals surface area contributed by atoms with Crippen molar-refractivity contribution in [3.63, 3.8) is 0 Å². The summed E-state index contributed by atoms with van der Waals surface area (Å²) in [5.74, 6) is 0. The number of carbonyl (C=O) groups excluding carboxylic acids is 1. The molecule has 0 unspecified atom stereocenters. The fourth-order valence-electron chi connectivity index (χ4n) is 0.280. The highest BCUT2D eigenvalue weighted by molar-refractivity contribution is 9.11. The summed E-state index contributed by atoms with van der Waals surface area (Å²) < 4.78 is 0. The fraction of sp³-hybridized carbons (Fsp3) is 0. The van der Waals surface area contributed by atoms with E-state index < -0.39 is 0 Å². The molecule has 9 heavy (non-hydrogen) atoms. The zero-order chi connectivity index (χ0) is 6.95. The second-order valence-corrected chi connectivity index (χ2v) is 1.75. The zero-order valence-electron chi connectivity index (χ0n) is 4.83. The second kappa shape index (κ2) is 7.37. The summed E-state index contributed by atoms with van der Waals surface area (Å²) in [5, 5.41) is 0. The van der Waals surface area contributed by atoms with Gasteiger partial charge in [-0.3, -0.25) is 4.79 Å². The molecular formula is C7H7BrO. The average Bonchev–Trinajstić information content (AvgIpc) is 1.89. The highest BCUT2D eigenvalue weighted by Crippen LogP contribution is 1.83. The van der Waals surface area contributed by atoms with Crippen molar-refractivity contribution >= 4 is 22.2 Å². The van der Waals surface area contributed by atoms with Crippen LogP contribution in [0.5, 0.6) is 0 Å². The summed E-state index contributed by atoms with van der Waals surface area (Å²) in [5.41, 5.74) is 0. The lowest BCUT2D eigenvalue weighted by Crippen LogP contribution is -1.54. The van der Waals surface area contributed by atoms with Gasteiger partial charge in [0, 0.05) is 0 Å². The van der Waals surface area contributed by atoms with Crippen molar-refractivity contribution in [2.45, 2.75) is 0 Å². The smallest absolute Gasteiger partial charge is 0.142 e. The summed E-state index contributed by atoms with van der Waals surface area (Å²) in [6, 6.07) is 0. The molecule has 0 aromatic carbocycles. The van der Waals surface area contributed by atoms with E-state index >= 15 is 0 Å². The van der Waals surface area contributed by atoms with Gasteiger partial charge in [-0.25, -0.2) is 0 Å². The third-order valence-electron chi connectivity index (χ3n) is 0.596. The first-order valence-electron chi connectivity index (χ1n) is 2.45. The van der Waals surface area contributed by atoms with Crippen molar-refractivity contribution in [1.82, 2.24) is 0 Å². The third-order valence-corrected chi connectivity index (χ3v) is 0.901. The topological polar surface area (TPSA) is 17.1 Å². The second-order valence-electron chi connectivity index (χ2n) is 1.22. The van der Waals surface area contributed by atoms with Gasteiger partial charge in [-0.1, -0.05) is 40.2 Å². The van der Waals surface area contributed by atoms with Crippen LogP contribution in [0.1, 0.15) is 0 Å². The van der Waals surface area contributed by atoms with Crippen LogP contribution in [0, 0.1) is 0 Å². The van der Waals surface area contributed by atoms with Crippen LogP contribution in [0.4, 0.5) is 0 Å². The van der Waals surface area contributed by atoms with Crippen LogP contribution in [-0.4, -0.2) is 6.29 Å². The minimum absolute atomic E-state index is 0.738. The molecule has 1 nitrogen and oxygen atoms in total. The Kier molecular flexibility index (Phi) is 6.85. The minimum Gasteiger partial charge on any atom is -0.299 e. The van der Waals surface area contributed by atoms with E-state index in [9.17, 15) is 4.79 Å². The molecule has 0 amide bonds. The van der Waals surface area contributed by atoms with Gasteiger partial charge in [0.05, 0.1) is 0 Å². The van der Waals surface area contributed by atoms with Gasteiger partial charge in [-0.05, 0) is 11.1 Å². The normalized spacial score (nSPS) is 12.1. The molecule has 0 aliphatic carbocycles. The SMILES string of the molecule is O=CC=CC=CC=CBr. The van der Waals surface area contributed by atoms with Crippen molar-refractivity contribution in [3.05, 3.63) is 35.4 Å². The number of aldehydes is 1. The summed E-state index contributed by atoms with van der Waals surface area (Å²) in [6.45, 7) is 0. The average molecular weight is 187 g/mol. The standard InChI is InChI=1S/C7H7BrO/c8-6-4-2-1-3-5-7-9/h1-7H. The van der Waals surface area contributed by atoms with Gasteiger partial charge in [0.25, 0.3) is 0 Å². The molecule has 0 saturated carbocycles. The molecule has 0 N–H and O–H groups in total. The molecule has 0 aromatic heterocycles. The molecule has 0 heterocycles. The Morgan fingerprint density at radius 1 is 0.889 bits per heavy atom. The summed E-state index contributed by atoms with van der Waals surface area (Å²) in [4.78, 5) is 11.4. The lowest BCUT2D eigenvalue weighted by Gasteiger charge is -1.67. The van der Waals surface area contributed by atoms with Crippen molar-refractivity contribution in [3.8, 4) is 0 Å². The summed E-state index contributed by atoms with van der Waals surface area (Å²) >= 11 is 3.09. The predicted octanol–water partition coefficient (Wildman–Crippen LogP) is 2.21. The number of allylic oxidation sites excluding steroid dienone is 5. The molecule has 0 radical (unpaired) electrons. The Morgan fingerprint density at radius 3 is 2.00 bits per heavy atom. The highest BCUT2D eigenvalue weighted by atomic mass is 79.9. The maximum absolute atomic E-state index is 9.69. The van der Waals surface area contributed by atoms with Crippen LogP contribution >= 0.6 is 15.9 Å². The number of halogens is 1. The van der Waals surface area contributed by atoms with Gasteiger partial charge in [0.1, 0.15) is 6.29 Å². The Bertz CT molecular complexity index is 145. The quantitative estimate of drug-likeness (QED) is 0.376. The first-order chi connectivity index (χ1) is 4.41. The molecule has 48 valence electrons. The molecule has 2 heteroatoms. The van der Waals surface area contributed by atoms with Crippen molar-refractivity contribution in [1.29, 1.82) is 0 Å². The molecule has 0 aliphatic rings. The monoisotopic (exact) mass is 186 g/mol. The predicted molar refractivity (Wildman–Crippen MR) is 42.4 cm³/mol. The number of rotatable bonds is 3. The first kappa shape index (κ1) is 8.37. The zero-order valence-corrected chi connectivity index (χ0v) is 6.41. The number of carbonyl (C=O) groups is 1. The molecule has 0 fully saturated rings. The van der Waals surface area contributed by atoms with E-state index in [0.717, 1.165) is 6.29 Å². The number of hydrogen-bond acceptors (Lipinski definition) is 1. The Labute approximate surface area is 62.9 Å².